The molecule has 29 heavy (non-hydrogen) atoms. The standard InChI is InChI=1S/C22H24ClN5O/c1-27-20(22(11-12-22)16-5-3-2-4-6-16)25-26-21(27)28-13-9-18(10-14-28)29-19-8-7-17(23)15-24-19/h2-8,15,18H,9-14H2,1H3. The normalized spacial score (nSPS) is 18.6. The van der Waals surface area contributed by atoms with Gasteiger partial charge in [0.25, 0.3) is 0 Å². The fourth-order valence-electron chi connectivity index (χ4n) is 4.31. The lowest BCUT2D eigenvalue weighted by atomic mass is 9.95. The maximum atomic E-state index is 6.01. The van der Waals surface area contributed by atoms with Crippen LogP contribution in [0.2, 0.25) is 5.02 Å². The summed E-state index contributed by atoms with van der Waals surface area (Å²) in [7, 11) is 2.09. The zero-order valence-electron chi connectivity index (χ0n) is 16.5. The van der Waals surface area contributed by atoms with Crippen molar-refractivity contribution in [1.29, 1.82) is 0 Å². The van der Waals surface area contributed by atoms with Gasteiger partial charge >= 0.3 is 0 Å². The Morgan fingerprint density at radius 1 is 1.03 bits per heavy atom. The number of benzene rings is 1. The van der Waals surface area contributed by atoms with E-state index in [0.717, 1.165) is 50.5 Å². The summed E-state index contributed by atoms with van der Waals surface area (Å²) in [4.78, 5) is 6.55. The fraction of sp³-hybridized carbons (Fsp3) is 0.409. The maximum absolute atomic E-state index is 6.01. The van der Waals surface area contributed by atoms with Gasteiger partial charge in [-0.15, -0.1) is 10.2 Å². The summed E-state index contributed by atoms with van der Waals surface area (Å²) in [6.07, 6.45) is 5.90. The average Bonchev–Trinajstić information content (AvgIpc) is 3.47. The van der Waals surface area contributed by atoms with Crippen molar-refractivity contribution in [2.75, 3.05) is 18.0 Å². The Bertz CT molecular complexity index is 976. The quantitative estimate of drug-likeness (QED) is 0.637. The highest BCUT2D eigenvalue weighted by Crippen LogP contribution is 2.52. The summed E-state index contributed by atoms with van der Waals surface area (Å²) in [6, 6.07) is 14.3. The molecule has 1 aliphatic carbocycles. The summed E-state index contributed by atoms with van der Waals surface area (Å²) in [6.45, 7) is 1.78. The van der Waals surface area contributed by atoms with Gasteiger partial charge in [-0.25, -0.2) is 4.98 Å². The SMILES string of the molecule is Cn1c(N2CCC(Oc3ccc(Cl)cn3)CC2)nnc1C1(c2ccccc2)CC1. The van der Waals surface area contributed by atoms with Crippen molar-refractivity contribution >= 4 is 17.5 Å². The van der Waals surface area contributed by atoms with Crippen LogP contribution in [-0.2, 0) is 12.5 Å². The molecule has 1 aliphatic heterocycles. The van der Waals surface area contributed by atoms with Crippen LogP contribution < -0.4 is 9.64 Å². The first-order chi connectivity index (χ1) is 14.2. The van der Waals surface area contributed by atoms with E-state index in [0.29, 0.717) is 10.9 Å². The molecule has 0 unspecified atom stereocenters. The number of ether oxygens (including phenoxy) is 1. The van der Waals surface area contributed by atoms with Gasteiger partial charge in [0.2, 0.25) is 11.8 Å². The molecule has 2 aliphatic rings. The number of nitrogens with zero attached hydrogens (tertiary/aromatic N) is 5. The second-order valence-electron chi connectivity index (χ2n) is 7.95. The highest BCUT2D eigenvalue weighted by atomic mass is 35.5. The lowest BCUT2D eigenvalue weighted by Gasteiger charge is -2.32. The van der Waals surface area contributed by atoms with Gasteiger partial charge in [0.1, 0.15) is 11.9 Å². The van der Waals surface area contributed by atoms with Crippen LogP contribution in [-0.4, -0.2) is 38.9 Å². The zero-order chi connectivity index (χ0) is 19.8. The summed E-state index contributed by atoms with van der Waals surface area (Å²) in [5, 5.41) is 9.79. The third-order valence-corrected chi connectivity index (χ3v) is 6.29. The third kappa shape index (κ3) is 3.46. The molecule has 2 aromatic heterocycles. The number of halogens is 1. The van der Waals surface area contributed by atoms with Crippen LogP contribution in [0.3, 0.4) is 0 Å². The molecule has 0 atom stereocenters. The molecule has 2 fully saturated rings. The van der Waals surface area contributed by atoms with Crippen molar-refractivity contribution in [3.63, 3.8) is 0 Å². The van der Waals surface area contributed by atoms with E-state index in [-0.39, 0.29) is 11.5 Å². The van der Waals surface area contributed by atoms with Gasteiger partial charge in [-0.3, -0.25) is 4.57 Å². The summed E-state index contributed by atoms with van der Waals surface area (Å²) < 4.78 is 8.20. The van der Waals surface area contributed by atoms with Crippen LogP contribution in [0.25, 0.3) is 0 Å². The number of aromatic nitrogens is 4. The smallest absolute Gasteiger partial charge is 0.226 e. The fourth-order valence-corrected chi connectivity index (χ4v) is 4.42. The highest BCUT2D eigenvalue weighted by molar-refractivity contribution is 6.30. The minimum atomic E-state index is 0.0307. The molecule has 1 saturated carbocycles. The Morgan fingerprint density at radius 3 is 2.45 bits per heavy atom. The van der Waals surface area contributed by atoms with Gasteiger partial charge < -0.3 is 9.64 Å². The molecule has 7 heteroatoms. The average molecular weight is 410 g/mol. The molecule has 0 bridgehead atoms. The molecule has 5 rings (SSSR count). The minimum absolute atomic E-state index is 0.0307. The molecule has 0 spiro atoms. The Kier molecular flexibility index (Phi) is 4.66. The maximum Gasteiger partial charge on any atom is 0.226 e. The van der Waals surface area contributed by atoms with Gasteiger partial charge in [-0.1, -0.05) is 41.9 Å². The number of rotatable bonds is 5. The van der Waals surface area contributed by atoms with Crippen LogP contribution >= 0.6 is 11.6 Å². The zero-order valence-corrected chi connectivity index (χ0v) is 17.2. The van der Waals surface area contributed by atoms with Crippen molar-refractivity contribution in [1.82, 2.24) is 19.7 Å². The molecule has 0 radical (unpaired) electrons. The van der Waals surface area contributed by atoms with Crippen molar-refractivity contribution < 1.29 is 4.74 Å². The molecule has 1 saturated heterocycles. The molecule has 150 valence electrons. The van der Waals surface area contributed by atoms with E-state index in [1.165, 1.54) is 5.56 Å². The van der Waals surface area contributed by atoms with Gasteiger partial charge in [0.15, 0.2) is 0 Å². The molecular formula is C22H24ClN5O. The van der Waals surface area contributed by atoms with Crippen molar-refractivity contribution in [2.45, 2.75) is 37.2 Å². The number of anilines is 1. The molecule has 0 N–H and O–H groups in total. The Hall–Kier alpha value is -2.60. The Morgan fingerprint density at radius 2 is 1.79 bits per heavy atom. The largest absolute Gasteiger partial charge is 0.474 e. The van der Waals surface area contributed by atoms with Gasteiger partial charge in [-0.2, -0.15) is 0 Å². The Balaban J connectivity index is 1.27. The topological polar surface area (TPSA) is 56.1 Å². The molecular weight excluding hydrogens is 386 g/mol. The monoisotopic (exact) mass is 409 g/mol. The lowest BCUT2D eigenvalue weighted by Crippen LogP contribution is -2.39. The van der Waals surface area contributed by atoms with Crippen LogP contribution in [0.5, 0.6) is 5.88 Å². The van der Waals surface area contributed by atoms with Crippen LogP contribution in [0.4, 0.5) is 5.95 Å². The number of hydrogen-bond acceptors (Lipinski definition) is 5. The molecule has 0 amide bonds. The highest BCUT2D eigenvalue weighted by Gasteiger charge is 2.50. The van der Waals surface area contributed by atoms with E-state index in [2.05, 4.69) is 62.0 Å². The molecule has 3 heterocycles. The predicted octanol–water partition coefficient (Wildman–Crippen LogP) is 3.99. The van der Waals surface area contributed by atoms with E-state index >= 15 is 0 Å². The minimum Gasteiger partial charge on any atom is -0.474 e. The second-order valence-corrected chi connectivity index (χ2v) is 8.39. The molecule has 3 aromatic rings. The van der Waals surface area contributed by atoms with Crippen LogP contribution in [0, 0.1) is 0 Å². The lowest BCUT2D eigenvalue weighted by molar-refractivity contribution is 0.163. The molecule has 6 nitrogen and oxygen atoms in total. The summed E-state index contributed by atoms with van der Waals surface area (Å²) in [5.41, 5.74) is 1.37. The first-order valence-electron chi connectivity index (χ1n) is 10.1. The van der Waals surface area contributed by atoms with Crippen LogP contribution in [0.1, 0.15) is 37.1 Å². The Labute approximate surface area is 175 Å². The summed E-state index contributed by atoms with van der Waals surface area (Å²) >= 11 is 5.89. The van der Waals surface area contributed by atoms with Crippen LogP contribution in [0.15, 0.2) is 48.7 Å². The number of piperidine rings is 1. The van der Waals surface area contributed by atoms with E-state index in [4.69, 9.17) is 16.3 Å². The van der Waals surface area contributed by atoms with E-state index < -0.39 is 0 Å². The van der Waals surface area contributed by atoms with E-state index in [1.807, 2.05) is 6.07 Å². The van der Waals surface area contributed by atoms with Gasteiger partial charge in [-0.05, 0) is 24.5 Å². The first-order valence-corrected chi connectivity index (χ1v) is 10.5. The van der Waals surface area contributed by atoms with E-state index in [1.54, 1.807) is 12.3 Å². The van der Waals surface area contributed by atoms with Gasteiger partial charge in [0.05, 0.1) is 10.4 Å². The van der Waals surface area contributed by atoms with Crippen molar-refractivity contribution in [2.24, 2.45) is 7.05 Å². The predicted molar refractivity (Wildman–Crippen MR) is 113 cm³/mol. The van der Waals surface area contributed by atoms with E-state index in [9.17, 15) is 0 Å². The van der Waals surface area contributed by atoms with Crippen molar-refractivity contribution in [3.8, 4) is 5.88 Å². The molecule has 1 aromatic carbocycles. The van der Waals surface area contributed by atoms with Gasteiger partial charge in [0, 0.05) is 45.2 Å². The summed E-state index contributed by atoms with van der Waals surface area (Å²) in [5.74, 6) is 2.65. The number of hydrogen-bond donors (Lipinski definition) is 0. The second kappa shape index (κ2) is 7.34. The number of pyridine rings is 1. The third-order valence-electron chi connectivity index (χ3n) is 6.07. The van der Waals surface area contributed by atoms with Crippen molar-refractivity contribution in [3.05, 3.63) is 65.1 Å². The first kappa shape index (κ1) is 18.4.